The van der Waals surface area contributed by atoms with E-state index in [2.05, 4.69) is 84.5 Å². The van der Waals surface area contributed by atoms with Gasteiger partial charge in [-0.3, -0.25) is 4.90 Å². The van der Waals surface area contributed by atoms with Crippen molar-refractivity contribution in [3.05, 3.63) is 70.7 Å². The Labute approximate surface area is 166 Å². The van der Waals surface area contributed by atoms with Crippen LogP contribution in [0.2, 0.25) is 0 Å². The summed E-state index contributed by atoms with van der Waals surface area (Å²) < 4.78 is 0. The molecule has 0 amide bonds. The zero-order chi connectivity index (χ0) is 18.8. The minimum atomic E-state index is 0.510. The number of benzene rings is 2. The number of aromatic nitrogens is 1. The summed E-state index contributed by atoms with van der Waals surface area (Å²) in [6.07, 6.45) is 0. The van der Waals surface area contributed by atoms with Crippen LogP contribution in [0.15, 0.2) is 53.9 Å². The number of aryl methyl sites for hydroxylation is 2. The maximum Gasteiger partial charge on any atom is 0.123 e. The summed E-state index contributed by atoms with van der Waals surface area (Å²) in [5.74, 6) is 0. The van der Waals surface area contributed by atoms with Crippen molar-refractivity contribution in [2.75, 3.05) is 24.5 Å². The fourth-order valence-electron chi connectivity index (χ4n) is 3.82. The Kier molecular flexibility index (Phi) is 5.28. The van der Waals surface area contributed by atoms with Gasteiger partial charge in [-0.05, 0) is 39.0 Å². The van der Waals surface area contributed by atoms with Crippen LogP contribution >= 0.6 is 11.3 Å². The summed E-state index contributed by atoms with van der Waals surface area (Å²) in [7, 11) is 0. The maximum atomic E-state index is 4.89. The molecule has 4 rings (SSSR count). The monoisotopic (exact) mass is 377 g/mol. The zero-order valence-corrected chi connectivity index (χ0v) is 17.2. The molecule has 140 valence electrons. The number of nitrogens with zero attached hydrogens (tertiary/aromatic N) is 3. The van der Waals surface area contributed by atoms with E-state index >= 15 is 0 Å². The quantitative estimate of drug-likeness (QED) is 0.628. The van der Waals surface area contributed by atoms with E-state index in [4.69, 9.17) is 4.98 Å². The van der Waals surface area contributed by atoms with Crippen molar-refractivity contribution < 1.29 is 0 Å². The second-order valence-corrected chi connectivity index (χ2v) is 8.48. The van der Waals surface area contributed by atoms with E-state index in [1.807, 2.05) is 0 Å². The van der Waals surface area contributed by atoms with Crippen LogP contribution in [0.3, 0.4) is 0 Å². The lowest BCUT2D eigenvalue weighted by Gasteiger charge is -2.41. The van der Waals surface area contributed by atoms with Crippen molar-refractivity contribution in [2.24, 2.45) is 0 Å². The Morgan fingerprint density at radius 3 is 2.59 bits per heavy atom. The maximum absolute atomic E-state index is 4.89. The second kappa shape index (κ2) is 7.83. The molecule has 2 aromatic carbocycles. The number of thiazole rings is 1. The SMILES string of the molecule is Cc1ccc(N2CCN(Cc3csc(-c4cccc(C)c4)n3)CC2C)cc1. The van der Waals surface area contributed by atoms with E-state index < -0.39 is 0 Å². The lowest BCUT2D eigenvalue weighted by molar-refractivity contribution is 0.219. The molecule has 1 aliphatic rings. The molecular weight excluding hydrogens is 350 g/mol. The molecule has 1 aliphatic heterocycles. The van der Waals surface area contributed by atoms with Crippen molar-refractivity contribution in [2.45, 2.75) is 33.4 Å². The average Bonchev–Trinajstić information content (AvgIpc) is 3.11. The van der Waals surface area contributed by atoms with Gasteiger partial charge in [-0.2, -0.15) is 0 Å². The van der Waals surface area contributed by atoms with E-state index in [1.54, 1.807) is 11.3 Å². The fourth-order valence-corrected chi connectivity index (χ4v) is 4.62. The van der Waals surface area contributed by atoms with Crippen LogP contribution in [0.4, 0.5) is 5.69 Å². The van der Waals surface area contributed by atoms with Gasteiger partial charge in [0, 0.05) is 48.9 Å². The standard InChI is InChI=1S/C23H27N3S/c1-17-7-9-22(10-8-17)26-12-11-25(14-19(26)3)15-21-16-27-23(24-21)20-6-4-5-18(2)13-20/h4-10,13,16,19H,11-12,14-15H2,1-3H3. The largest absolute Gasteiger partial charge is 0.366 e. The van der Waals surface area contributed by atoms with Crippen LogP contribution in [-0.4, -0.2) is 35.6 Å². The van der Waals surface area contributed by atoms with Gasteiger partial charge >= 0.3 is 0 Å². The summed E-state index contributed by atoms with van der Waals surface area (Å²) in [5.41, 5.74) is 6.35. The third-order valence-electron chi connectivity index (χ3n) is 5.28. The van der Waals surface area contributed by atoms with Crippen LogP contribution < -0.4 is 4.90 Å². The first-order valence-electron chi connectivity index (χ1n) is 9.65. The van der Waals surface area contributed by atoms with E-state index in [-0.39, 0.29) is 0 Å². The molecule has 0 spiro atoms. The van der Waals surface area contributed by atoms with E-state index in [0.29, 0.717) is 6.04 Å². The Morgan fingerprint density at radius 2 is 1.85 bits per heavy atom. The summed E-state index contributed by atoms with van der Waals surface area (Å²) >= 11 is 1.75. The van der Waals surface area contributed by atoms with E-state index in [0.717, 1.165) is 31.2 Å². The van der Waals surface area contributed by atoms with Crippen molar-refractivity contribution >= 4 is 17.0 Å². The van der Waals surface area contributed by atoms with Crippen molar-refractivity contribution in [1.29, 1.82) is 0 Å². The molecule has 0 aliphatic carbocycles. The third-order valence-corrected chi connectivity index (χ3v) is 6.22. The van der Waals surface area contributed by atoms with Crippen LogP contribution in [0.25, 0.3) is 10.6 Å². The number of anilines is 1. The number of hydrogen-bond acceptors (Lipinski definition) is 4. The zero-order valence-electron chi connectivity index (χ0n) is 16.4. The van der Waals surface area contributed by atoms with Gasteiger partial charge in [0.25, 0.3) is 0 Å². The van der Waals surface area contributed by atoms with Gasteiger partial charge in [0.2, 0.25) is 0 Å². The highest BCUT2D eigenvalue weighted by atomic mass is 32.1. The van der Waals surface area contributed by atoms with Crippen LogP contribution in [0.1, 0.15) is 23.7 Å². The number of rotatable bonds is 4. The molecule has 2 heterocycles. The molecule has 1 saturated heterocycles. The Morgan fingerprint density at radius 1 is 1.04 bits per heavy atom. The second-order valence-electron chi connectivity index (χ2n) is 7.63. The topological polar surface area (TPSA) is 19.4 Å². The molecule has 27 heavy (non-hydrogen) atoms. The van der Waals surface area contributed by atoms with Gasteiger partial charge in [-0.25, -0.2) is 4.98 Å². The Balaban J connectivity index is 1.39. The predicted molar refractivity (Wildman–Crippen MR) is 116 cm³/mol. The van der Waals surface area contributed by atoms with Gasteiger partial charge in [-0.1, -0.05) is 41.5 Å². The molecule has 4 heteroatoms. The fraction of sp³-hybridized carbons (Fsp3) is 0.348. The lowest BCUT2D eigenvalue weighted by atomic mass is 10.1. The van der Waals surface area contributed by atoms with Gasteiger partial charge < -0.3 is 4.90 Å². The van der Waals surface area contributed by atoms with Gasteiger partial charge in [0.1, 0.15) is 5.01 Å². The molecule has 1 atom stereocenters. The smallest absolute Gasteiger partial charge is 0.123 e. The van der Waals surface area contributed by atoms with Gasteiger partial charge in [0.15, 0.2) is 0 Å². The van der Waals surface area contributed by atoms with Crippen molar-refractivity contribution in [3.63, 3.8) is 0 Å². The van der Waals surface area contributed by atoms with Crippen LogP contribution in [0, 0.1) is 13.8 Å². The van der Waals surface area contributed by atoms with E-state index in [9.17, 15) is 0 Å². The first kappa shape index (κ1) is 18.2. The summed E-state index contributed by atoms with van der Waals surface area (Å²) in [6.45, 7) is 10.8. The lowest BCUT2D eigenvalue weighted by Crippen LogP contribution is -2.51. The van der Waals surface area contributed by atoms with E-state index in [1.165, 1.54) is 28.1 Å². The van der Waals surface area contributed by atoms with Gasteiger partial charge in [-0.15, -0.1) is 11.3 Å². The Hall–Kier alpha value is -2.17. The number of piperazine rings is 1. The number of hydrogen-bond donors (Lipinski definition) is 0. The normalized spacial score (nSPS) is 18.0. The molecule has 1 fully saturated rings. The summed E-state index contributed by atoms with van der Waals surface area (Å²) in [5, 5.41) is 3.34. The van der Waals surface area contributed by atoms with Crippen LogP contribution in [-0.2, 0) is 6.54 Å². The molecule has 0 N–H and O–H groups in total. The van der Waals surface area contributed by atoms with Crippen LogP contribution in [0.5, 0.6) is 0 Å². The molecular formula is C23H27N3S. The van der Waals surface area contributed by atoms with Gasteiger partial charge in [0.05, 0.1) is 5.69 Å². The molecule has 0 bridgehead atoms. The predicted octanol–water partition coefficient (Wildman–Crippen LogP) is 5.14. The molecule has 1 unspecified atom stereocenters. The summed E-state index contributed by atoms with van der Waals surface area (Å²) in [4.78, 5) is 9.95. The first-order chi connectivity index (χ1) is 13.1. The summed E-state index contributed by atoms with van der Waals surface area (Å²) in [6, 6.07) is 18.0. The van der Waals surface area contributed by atoms with Crippen molar-refractivity contribution in [3.8, 4) is 10.6 Å². The molecule has 1 aromatic heterocycles. The third kappa shape index (κ3) is 4.23. The highest BCUT2D eigenvalue weighted by Gasteiger charge is 2.24. The first-order valence-corrected chi connectivity index (χ1v) is 10.5. The molecule has 0 saturated carbocycles. The molecule has 3 aromatic rings. The minimum absolute atomic E-state index is 0.510. The Bertz CT molecular complexity index is 900. The molecule has 3 nitrogen and oxygen atoms in total. The highest BCUT2D eigenvalue weighted by molar-refractivity contribution is 7.13. The van der Waals surface area contributed by atoms with Crippen molar-refractivity contribution in [1.82, 2.24) is 9.88 Å². The minimum Gasteiger partial charge on any atom is -0.366 e. The highest BCUT2D eigenvalue weighted by Crippen LogP contribution is 2.26. The average molecular weight is 378 g/mol. The molecule has 0 radical (unpaired) electrons.